The molecule has 137 heavy (non-hydrogen) atoms. The molecule has 9 heterocycles. The smallest absolute Gasteiger partial charge is 0.143 e. The van der Waals surface area contributed by atoms with E-state index in [2.05, 4.69) is 481 Å². The van der Waals surface area contributed by atoms with Crippen LogP contribution in [0.5, 0.6) is 0 Å². The molecule has 0 N–H and O–H groups in total. The van der Waals surface area contributed by atoms with E-state index in [0.717, 1.165) is 87.9 Å². The predicted molar refractivity (Wildman–Crippen MR) is 583 cm³/mol. The largest absolute Gasteiger partial charge is 0.456 e. The lowest BCUT2D eigenvalue weighted by Crippen LogP contribution is -1.94. The predicted octanol–water partition coefficient (Wildman–Crippen LogP) is 37.7. The molecule has 6 nitrogen and oxygen atoms in total. The van der Waals surface area contributed by atoms with Gasteiger partial charge in [0, 0.05) is 107 Å². The Morgan fingerprint density at radius 3 is 1.07 bits per heavy atom. The molecule has 0 spiro atoms. The molecule has 30 rings (SSSR count). The number of thiophene rings is 3. The van der Waals surface area contributed by atoms with Gasteiger partial charge in [0.05, 0.1) is 47.2 Å². The molecule has 0 amide bonds. The van der Waals surface area contributed by atoms with Crippen LogP contribution in [0.25, 0.3) is 276 Å². The van der Waals surface area contributed by atoms with Gasteiger partial charge < -0.3 is 27.0 Å². The molecule has 21 aromatic carbocycles. The molecule has 0 aliphatic heterocycles. The van der Waals surface area contributed by atoms with Crippen LogP contribution < -0.4 is 0 Å². The number of benzene rings is 21. The van der Waals surface area contributed by atoms with E-state index in [1.165, 1.54) is 188 Å². The molecule has 9 heteroatoms. The molecule has 9 aromatic heterocycles. The molecule has 0 aliphatic carbocycles. The van der Waals surface area contributed by atoms with Crippen LogP contribution in [0.4, 0.5) is 0 Å². The topological polar surface area (TPSA) is 54.2 Å². The molecule has 640 valence electrons. The van der Waals surface area contributed by atoms with Crippen LogP contribution in [0.3, 0.4) is 0 Å². The van der Waals surface area contributed by atoms with E-state index >= 15 is 0 Å². The highest BCUT2D eigenvalue weighted by molar-refractivity contribution is 7.27. The van der Waals surface area contributed by atoms with Gasteiger partial charge in [0.1, 0.15) is 33.5 Å². The first-order valence-electron chi connectivity index (χ1n) is 46.5. The molecule has 0 radical (unpaired) electrons. The Labute approximate surface area is 797 Å². The van der Waals surface area contributed by atoms with Crippen LogP contribution in [0, 0.1) is 0 Å². The average Bonchev–Trinajstić information content (AvgIpc) is 1.55. The monoisotopic (exact) mass is 1800 g/mol. The summed E-state index contributed by atoms with van der Waals surface area (Å²) in [7, 11) is 0. The van der Waals surface area contributed by atoms with Gasteiger partial charge in [-0.1, -0.05) is 340 Å². The molecule has 0 bridgehead atoms. The third kappa shape index (κ3) is 12.6. The summed E-state index contributed by atoms with van der Waals surface area (Å²) in [5.74, 6) is 0. The summed E-state index contributed by atoms with van der Waals surface area (Å²) in [6, 6.07) is 168. The minimum absolute atomic E-state index is 0.901. The van der Waals surface area contributed by atoms with Crippen LogP contribution in [-0.4, -0.2) is 13.7 Å². The Morgan fingerprint density at radius 1 is 0.168 bits per heavy atom. The Hall–Kier alpha value is -17.2. The summed E-state index contributed by atoms with van der Waals surface area (Å²) in [5, 5.41) is 19.4. The van der Waals surface area contributed by atoms with Crippen molar-refractivity contribution >= 4 is 215 Å². The van der Waals surface area contributed by atoms with Gasteiger partial charge in [-0.15, -0.1) is 34.0 Å². The Kier molecular flexibility index (Phi) is 18.2. The summed E-state index contributed by atoms with van der Waals surface area (Å²) in [4.78, 5) is 0. The van der Waals surface area contributed by atoms with Crippen LogP contribution in [-0.2, 0) is 0 Å². The normalized spacial score (nSPS) is 11.9. The number of hydrogen-bond acceptors (Lipinski definition) is 6. The molecular weight excluding hydrogens is 1720 g/mol. The molecule has 30 aromatic rings. The molecule has 0 unspecified atom stereocenters. The Morgan fingerprint density at radius 2 is 0.533 bits per heavy atom. The van der Waals surface area contributed by atoms with E-state index < -0.39 is 0 Å². The first kappa shape index (κ1) is 78.5. The zero-order valence-electron chi connectivity index (χ0n) is 73.7. The van der Waals surface area contributed by atoms with Crippen molar-refractivity contribution in [3.8, 4) is 95.0 Å². The first-order valence-corrected chi connectivity index (χ1v) is 48.9. The number of fused-ring (bicyclic) bond motifs is 27. The standard InChI is InChI=1S/C44H27NOS.2C42H25NOS/c1-3-13-28(14-4-1)32-20-11-22-36-41-34(21-12-24-39(41)46-43(32)36)33-18-8-7-17-31(33)29-25-26-40-37(27-29)42-44(47-40)35-19-9-10-23-38(35)45(42)30-15-5-2-6-16-30;1-2-13-29(14-3-1)43-36-19-9-8-17-34(36)42-41(43)40-33(18-10-20-39(40)45-42)31-16-7-6-15-30(31)28-21-22-32-35-23-26-11-4-5-12-27(26)24-38(35)44-37(32)25-28;1-2-12-28(13-3-1)43-36-19-9-8-17-33(36)42-40(43)35-25-27(22-24-38(35)45-42)29-14-6-7-16-31(29)32-18-10-20-37-39(32)34-23-21-26-11-4-5-15-30(26)41(34)44-37/h1-27H;2*1-25H. The minimum Gasteiger partial charge on any atom is -0.456 e. The van der Waals surface area contributed by atoms with Gasteiger partial charge in [-0.3, -0.25) is 0 Å². The van der Waals surface area contributed by atoms with E-state index in [4.69, 9.17) is 13.3 Å². The van der Waals surface area contributed by atoms with Gasteiger partial charge in [0.15, 0.2) is 0 Å². The fourth-order valence-corrected chi connectivity index (χ4v) is 25.4. The SMILES string of the molecule is c1ccc(-c2cccc3c2oc2cccc(-c4ccccc4-c4ccc5sc6c7ccccc7n(-c7ccccc7)c6c5c4)c23)cc1.c1ccc(-n2c3ccccc3c3sc4ccc(-c5ccccc5-c5cccc6oc7c8ccccc8ccc7c56)cc4c32)cc1.c1ccc(-n2c3ccccc3c3sc4cccc(-c5ccccc5-c5ccc6c(c5)oc5cc7ccccc7cc56)c4c32)cc1. The van der Waals surface area contributed by atoms with Gasteiger partial charge in [-0.2, -0.15) is 0 Å². The highest BCUT2D eigenvalue weighted by Crippen LogP contribution is 2.53. The fourth-order valence-electron chi connectivity index (χ4n) is 21.8. The van der Waals surface area contributed by atoms with E-state index in [-0.39, 0.29) is 0 Å². The van der Waals surface area contributed by atoms with Crippen molar-refractivity contribution < 1.29 is 13.3 Å². The number of aromatic nitrogens is 3. The van der Waals surface area contributed by atoms with Crippen molar-refractivity contribution in [1.82, 2.24) is 13.7 Å². The van der Waals surface area contributed by atoms with Gasteiger partial charge in [0.25, 0.3) is 0 Å². The van der Waals surface area contributed by atoms with E-state index in [0.29, 0.717) is 0 Å². The van der Waals surface area contributed by atoms with E-state index in [9.17, 15) is 0 Å². The first-order chi connectivity index (χ1) is 68.0. The van der Waals surface area contributed by atoms with Crippen molar-refractivity contribution in [2.75, 3.05) is 0 Å². The van der Waals surface area contributed by atoms with Gasteiger partial charge >= 0.3 is 0 Å². The zero-order chi connectivity index (χ0) is 89.9. The lowest BCUT2D eigenvalue weighted by molar-refractivity contribution is 0.669. The molecular formula is C128H77N3O3S3. The van der Waals surface area contributed by atoms with Gasteiger partial charge in [-0.05, 0) is 216 Å². The summed E-state index contributed by atoms with van der Waals surface area (Å²) in [5.41, 5.74) is 33.2. The average molecular weight is 1800 g/mol. The number of furan rings is 3. The summed E-state index contributed by atoms with van der Waals surface area (Å²) >= 11 is 5.65. The van der Waals surface area contributed by atoms with Crippen molar-refractivity contribution in [1.29, 1.82) is 0 Å². The second-order valence-electron chi connectivity index (χ2n) is 35.4. The molecule has 0 aliphatic rings. The molecule has 0 saturated carbocycles. The maximum Gasteiger partial charge on any atom is 0.143 e. The lowest BCUT2D eigenvalue weighted by Gasteiger charge is -2.13. The summed E-state index contributed by atoms with van der Waals surface area (Å²) in [6.45, 7) is 0. The Bertz CT molecular complexity index is 10100. The van der Waals surface area contributed by atoms with Crippen molar-refractivity contribution in [2.45, 2.75) is 0 Å². The molecule has 0 atom stereocenters. The number of nitrogens with zero attached hydrogens (tertiary/aromatic N) is 3. The second-order valence-corrected chi connectivity index (χ2v) is 38.6. The van der Waals surface area contributed by atoms with Gasteiger partial charge in [-0.25, -0.2) is 0 Å². The van der Waals surface area contributed by atoms with E-state index in [1.807, 2.05) is 34.0 Å². The number of rotatable bonds is 10. The Balaban J connectivity index is 0.000000102. The highest BCUT2D eigenvalue weighted by atomic mass is 32.1. The molecule has 0 fully saturated rings. The quantitative estimate of drug-likeness (QED) is 0.137. The maximum absolute atomic E-state index is 6.62. The summed E-state index contributed by atoms with van der Waals surface area (Å²) < 4.78 is 34.8. The van der Waals surface area contributed by atoms with Gasteiger partial charge in [0.2, 0.25) is 0 Å². The fraction of sp³-hybridized carbons (Fsp3) is 0. The second kappa shape index (κ2) is 31.8. The minimum atomic E-state index is 0.901. The zero-order valence-corrected chi connectivity index (χ0v) is 76.2. The van der Waals surface area contributed by atoms with Crippen LogP contribution in [0.2, 0.25) is 0 Å². The van der Waals surface area contributed by atoms with Crippen LogP contribution >= 0.6 is 34.0 Å². The van der Waals surface area contributed by atoms with Crippen molar-refractivity contribution in [2.24, 2.45) is 0 Å². The lowest BCUT2D eigenvalue weighted by atomic mass is 9.91. The number of para-hydroxylation sites is 7. The number of hydrogen-bond donors (Lipinski definition) is 0. The van der Waals surface area contributed by atoms with Crippen LogP contribution in [0.15, 0.2) is 480 Å². The van der Waals surface area contributed by atoms with E-state index in [1.54, 1.807) is 0 Å². The highest BCUT2D eigenvalue weighted by Gasteiger charge is 2.28. The third-order valence-corrected chi connectivity index (χ3v) is 31.4. The van der Waals surface area contributed by atoms with Crippen molar-refractivity contribution in [3.63, 3.8) is 0 Å². The van der Waals surface area contributed by atoms with Crippen molar-refractivity contribution in [3.05, 3.63) is 467 Å². The van der Waals surface area contributed by atoms with Crippen LogP contribution in [0.1, 0.15) is 0 Å². The maximum atomic E-state index is 6.62. The third-order valence-electron chi connectivity index (χ3n) is 27.8. The molecule has 0 saturated heterocycles. The summed E-state index contributed by atoms with van der Waals surface area (Å²) in [6.07, 6.45) is 0.